The molecule has 25 heavy (non-hydrogen) atoms. The number of hydrogen-bond donors (Lipinski definition) is 0. The van der Waals surface area contributed by atoms with Crippen LogP contribution in [0.2, 0.25) is 0 Å². The van der Waals surface area contributed by atoms with Gasteiger partial charge in [0.2, 0.25) is 0 Å². The van der Waals surface area contributed by atoms with Gasteiger partial charge in [0.1, 0.15) is 11.9 Å². The lowest BCUT2D eigenvalue weighted by atomic mass is 10.3. The molecule has 0 radical (unpaired) electrons. The van der Waals surface area contributed by atoms with Crippen molar-refractivity contribution in [1.82, 2.24) is 35.0 Å². The van der Waals surface area contributed by atoms with E-state index in [-0.39, 0.29) is 12.1 Å². The van der Waals surface area contributed by atoms with Crippen molar-refractivity contribution < 1.29 is 4.74 Å². The van der Waals surface area contributed by atoms with Crippen LogP contribution < -0.4 is 4.74 Å². The summed E-state index contributed by atoms with van der Waals surface area (Å²) >= 11 is 0. The minimum Gasteiger partial charge on any atom is -0.489 e. The molecule has 3 rings (SSSR count). The van der Waals surface area contributed by atoms with Crippen molar-refractivity contribution in [1.29, 1.82) is 0 Å². The van der Waals surface area contributed by atoms with Crippen molar-refractivity contribution in [2.45, 2.75) is 45.5 Å². The Morgan fingerprint density at radius 2 is 2.20 bits per heavy atom. The Hall–Kier alpha value is -2.06. The molecule has 0 aromatic carbocycles. The lowest BCUT2D eigenvalue weighted by Crippen LogP contribution is -2.26. The van der Waals surface area contributed by atoms with Gasteiger partial charge in [-0.1, -0.05) is 0 Å². The first-order valence-corrected chi connectivity index (χ1v) is 8.76. The van der Waals surface area contributed by atoms with Gasteiger partial charge >= 0.3 is 0 Å². The monoisotopic (exact) mass is 345 g/mol. The second-order valence-electron chi connectivity index (χ2n) is 7.12. The summed E-state index contributed by atoms with van der Waals surface area (Å²) in [6, 6.07) is 4.23. The smallest absolute Gasteiger partial charge is 0.165 e. The molecule has 8 nitrogen and oxygen atoms in total. The molecule has 1 aliphatic rings. The van der Waals surface area contributed by atoms with Gasteiger partial charge in [0.15, 0.2) is 5.82 Å². The highest BCUT2D eigenvalue weighted by Gasteiger charge is 2.26. The fourth-order valence-electron chi connectivity index (χ4n) is 3.09. The molecular weight excluding hydrogens is 318 g/mol. The van der Waals surface area contributed by atoms with E-state index in [4.69, 9.17) is 4.74 Å². The SMILES string of the molecule is CC(C)n1nnnc1CN1CCC(Oc2ccnc(CN(C)C)c2)C1. The summed E-state index contributed by atoms with van der Waals surface area (Å²) in [6.45, 7) is 7.62. The highest BCUT2D eigenvalue weighted by atomic mass is 16.5. The molecular formula is C17H27N7O. The Morgan fingerprint density at radius 1 is 1.36 bits per heavy atom. The first-order chi connectivity index (χ1) is 12.0. The van der Waals surface area contributed by atoms with Crippen LogP contribution in [-0.2, 0) is 13.1 Å². The minimum atomic E-state index is 0.193. The van der Waals surface area contributed by atoms with Gasteiger partial charge in [0.05, 0.1) is 18.3 Å². The first-order valence-electron chi connectivity index (χ1n) is 8.76. The summed E-state index contributed by atoms with van der Waals surface area (Å²) in [6.07, 6.45) is 3.02. The average Bonchev–Trinajstić information content (AvgIpc) is 3.17. The van der Waals surface area contributed by atoms with E-state index in [0.717, 1.165) is 49.9 Å². The molecule has 1 fully saturated rings. The molecule has 2 aromatic heterocycles. The molecule has 1 aliphatic heterocycles. The van der Waals surface area contributed by atoms with E-state index in [1.165, 1.54) is 0 Å². The summed E-state index contributed by atoms with van der Waals surface area (Å²) < 4.78 is 8.05. The third-order valence-corrected chi connectivity index (χ3v) is 4.21. The molecule has 3 heterocycles. The number of likely N-dealkylation sites (tertiary alicyclic amines) is 1. The molecule has 0 bridgehead atoms. The van der Waals surface area contributed by atoms with Crippen molar-refractivity contribution in [3.05, 3.63) is 29.8 Å². The van der Waals surface area contributed by atoms with Gasteiger partial charge in [-0.2, -0.15) is 0 Å². The number of pyridine rings is 1. The Bertz CT molecular complexity index is 685. The molecule has 0 saturated carbocycles. The highest BCUT2D eigenvalue weighted by molar-refractivity contribution is 5.23. The van der Waals surface area contributed by atoms with Crippen LogP contribution in [0.5, 0.6) is 5.75 Å². The number of aromatic nitrogens is 5. The first kappa shape index (κ1) is 17.8. The van der Waals surface area contributed by atoms with Gasteiger partial charge in [-0.05, 0) is 50.9 Å². The van der Waals surface area contributed by atoms with Crippen LogP contribution in [0.3, 0.4) is 0 Å². The molecule has 0 N–H and O–H groups in total. The normalized spacial score (nSPS) is 18.4. The maximum atomic E-state index is 6.17. The summed E-state index contributed by atoms with van der Waals surface area (Å²) in [5.41, 5.74) is 1.02. The number of rotatable bonds is 7. The molecule has 0 amide bonds. The second-order valence-corrected chi connectivity index (χ2v) is 7.12. The summed E-state index contributed by atoms with van der Waals surface area (Å²) in [5.74, 6) is 1.80. The van der Waals surface area contributed by atoms with Crippen molar-refractivity contribution in [3.8, 4) is 5.75 Å². The van der Waals surface area contributed by atoms with E-state index in [1.54, 1.807) is 0 Å². The van der Waals surface area contributed by atoms with Gasteiger partial charge in [-0.25, -0.2) is 4.68 Å². The molecule has 0 aliphatic carbocycles. The molecule has 136 valence electrons. The Labute approximate surface area is 148 Å². The van der Waals surface area contributed by atoms with Gasteiger partial charge in [-0.15, -0.1) is 5.10 Å². The third-order valence-electron chi connectivity index (χ3n) is 4.21. The number of hydrogen-bond acceptors (Lipinski definition) is 7. The summed E-state index contributed by atoms with van der Waals surface area (Å²) in [5, 5.41) is 12.0. The van der Waals surface area contributed by atoms with Crippen LogP contribution >= 0.6 is 0 Å². The minimum absolute atomic E-state index is 0.193. The Balaban J connectivity index is 1.55. The van der Waals surface area contributed by atoms with Crippen molar-refractivity contribution >= 4 is 0 Å². The second kappa shape index (κ2) is 7.88. The van der Waals surface area contributed by atoms with Crippen LogP contribution in [0.25, 0.3) is 0 Å². The predicted octanol–water partition coefficient (Wildman–Crippen LogP) is 1.36. The quantitative estimate of drug-likeness (QED) is 0.750. The molecule has 1 saturated heterocycles. The molecule has 8 heteroatoms. The maximum Gasteiger partial charge on any atom is 0.165 e. The van der Waals surface area contributed by atoms with Crippen LogP contribution in [0.4, 0.5) is 0 Å². The zero-order valence-corrected chi connectivity index (χ0v) is 15.5. The lowest BCUT2D eigenvalue weighted by molar-refractivity contribution is 0.195. The Kier molecular flexibility index (Phi) is 5.60. The molecule has 2 aromatic rings. The van der Waals surface area contributed by atoms with Crippen molar-refractivity contribution in [2.75, 3.05) is 27.2 Å². The lowest BCUT2D eigenvalue weighted by Gasteiger charge is -2.17. The zero-order valence-electron chi connectivity index (χ0n) is 15.5. The molecule has 1 unspecified atom stereocenters. The third kappa shape index (κ3) is 4.73. The van der Waals surface area contributed by atoms with Crippen LogP contribution in [-0.4, -0.2) is 68.3 Å². The van der Waals surface area contributed by atoms with E-state index >= 15 is 0 Å². The van der Waals surface area contributed by atoms with Gasteiger partial charge < -0.3 is 9.64 Å². The van der Waals surface area contributed by atoms with Crippen LogP contribution in [0.15, 0.2) is 18.3 Å². The van der Waals surface area contributed by atoms with E-state index in [1.807, 2.05) is 37.1 Å². The summed E-state index contributed by atoms with van der Waals surface area (Å²) in [7, 11) is 4.07. The van der Waals surface area contributed by atoms with Gasteiger partial charge in [-0.3, -0.25) is 9.88 Å². The number of ether oxygens (including phenoxy) is 1. The van der Waals surface area contributed by atoms with E-state index in [2.05, 4.69) is 44.2 Å². The van der Waals surface area contributed by atoms with Gasteiger partial charge in [0, 0.05) is 31.9 Å². The van der Waals surface area contributed by atoms with Crippen molar-refractivity contribution in [3.63, 3.8) is 0 Å². The average molecular weight is 345 g/mol. The van der Waals surface area contributed by atoms with Gasteiger partial charge in [0.25, 0.3) is 0 Å². The largest absolute Gasteiger partial charge is 0.489 e. The Morgan fingerprint density at radius 3 is 2.96 bits per heavy atom. The standard InChI is InChI=1S/C17H27N7O/c1-13(2)24-17(19-20-21-24)12-23-8-6-16(11-23)25-15-5-7-18-14(9-15)10-22(3)4/h5,7,9,13,16H,6,8,10-12H2,1-4H3. The molecule has 0 spiro atoms. The predicted molar refractivity (Wildman–Crippen MR) is 94.1 cm³/mol. The van der Waals surface area contributed by atoms with E-state index < -0.39 is 0 Å². The van der Waals surface area contributed by atoms with E-state index in [9.17, 15) is 0 Å². The topological polar surface area (TPSA) is 72.2 Å². The van der Waals surface area contributed by atoms with Crippen LogP contribution in [0.1, 0.15) is 37.8 Å². The number of tetrazole rings is 1. The highest BCUT2D eigenvalue weighted by Crippen LogP contribution is 2.20. The zero-order chi connectivity index (χ0) is 17.8. The number of nitrogens with zero attached hydrogens (tertiary/aromatic N) is 7. The molecule has 1 atom stereocenters. The summed E-state index contributed by atoms with van der Waals surface area (Å²) in [4.78, 5) is 8.83. The van der Waals surface area contributed by atoms with Crippen LogP contribution in [0, 0.1) is 0 Å². The fourth-order valence-corrected chi connectivity index (χ4v) is 3.09. The van der Waals surface area contributed by atoms with E-state index in [0.29, 0.717) is 0 Å². The van der Waals surface area contributed by atoms with Crippen molar-refractivity contribution in [2.24, 2.45) is 0 Å². The fraction of sp³-hybridized carbons (Fsp3) is 0.647. The maximum absolute atomic E-state index is 6.17.